The summed E-state index contributed by atoms with van der Waals surface area (Å²) in [6.07, 6.45) is 38.0. The molecular formula is C63H118O15. The van der Waals surface area contributed by atoms with Crippen LogP contribution < -0.4 is 0 Å². The molecule has 15 nitrogen and oxygen atoms in total. The van der Waals surface area contributed by atoms with Crippen molar-refractivity contribution in [3.8, 4) is 0 Å². The van der Waals surface area contributed by atoms with Gasteiger partial charge in [-0.2, -0.15) is 0 Å². The number of unbranched alkanes of at least 4 members (excludes halogenated alkanes) is 37. The van der Waals surface area contributed by atoms with Crippen LogP contribution in [0.1, 0.15) is 284 Å². The smallest absolute Gasteiger partial charge is 0.306 e. The molecule has 460 valence electrons. The first-order valence-corrected chi connectivity index (χ1v) is 32.3. The summed E-state index contributed by atoms with van der Waals surface area (Å²) < 4.78 is 33.8. The van der Waals surface area contributed by atoms with Crippen LogP contribution in [0.2, 0.25) is 0 Å². The van der Waals surface area contributed by atoms with E-state index in [-0.39, 0.29) is 26.1 Å². The maximum absolute atomic E-state index is 13.1. The molecule has 15 heteroatoms. The molecule has 0 aromatic carbocycles. The van der Waals surface area contributed by atoms with Crippen LogP contribution >= 0.6 is 0 Å². The Bertz CT molecular complexity index is 1400. The van der Waals surface area contributed by atoms with E-state index < -0.39 is 92.7 Å². The Kier molecular flexibility index (Phi) is 46.2. The Morgan fingerprint density at radius 3 is 1.13 bits per heavy atom. The molecule has 2 aliphatic rings. The number of carbonyl (C=O) groups is 2. The number of allylic oxidation sites excluding steroid dienone is 2. The Morgan fingerprint density at radius 2 is 0.731 bits per heavy atom. The molecule has 78 heavy (non-hydrogen) atoms. The van der Waals surface area contributed by atoms with Crippen LogP contribution in [0.4, 0.5) is 0 Å². The van der Waals surface area contributed by atoms with E-state index in [0.29, 0.717) is 12.8 Å². The van der Waals surface area contributed by atoms with Gasteiger partial charge in [0.15, 0.2) is 18.7 Å². The molecule has 0 radical (unpaired) electrons. The third-order valence-corrected chi connectivity index (χ3v) is 15.7. The highest BCUT2D eigenvalue weighted by Gasteiger charge is 2.47. The lowest BCUT2D eigenvalue weighted by Crippen LogP contribution is -2.61. The van der Waals surface area contributed by atoms with Crippen LogP contribution in [0.15, 0.2) is 12.2 Å². The molecule has 7 N–H and O–H groups in total. The molecule has 0 aliphatic carbocycles. The number of esters is 2. The van der Waals surface area contributed by atoms with Gasteiger partial charge in [-0.1, -0.05) is 244 Å². The number of aliphatic hydroxyl groups is 7. The van der Waals surface area contributed by atoms with Gasteiger partial charge in [0.1, 0.15) is 55.4 Å². The summed E-state index contributed by atoms with van der Waals surface area (Å²) in [5.74, 6) is -0.905. The number of aliphatic hydroxyl groups excluding tert-OH is 7. The number of carbonyl (C=O) groups excluding carboxylic acids is 2. The van der Waals surface area contributed by atoms with Crippen LogP contribution in [-0.2, 0) is 38.0 Å². The fourth-order valence-electron chi connectivity index (χ4n) is 10.5. The third kappa shape index (κ3) is 36.0. The van der Waals surface area contributed by atoms with E-state index in [1.54, 1.807) is 0 Å². The maximum Gasteiger partial charge on any atom is 0.306 e. The average Bonchev–Trinajstić information content (AvgIpc) is 3.44. The summed E-state index contributed by atoms with van der Waals surface area (Å²) in [6, 6.07) is 0. The Hall–Kier alpha value is -1.76. The zero-order chi connectivity index (χ0) is 56.7. The monoisotopic (exact) mass is 1110 g/mol. The quantitative estimate of drug-likeness (QED) is 0.0171. The van der Waals surface area contributed by atoms with Crippen LogP contribution in [0.3, 0.4) is 0 Å². The molecule has 11 atom stereocenters. The molecule has 0 aromatic rings. The average molecular weight is 1120 g/mol. The molecule has 4 unspecified atom stereocenters. The van der Waals surface area contributed by atoms with Crippen molar-refractivity contribution >= 4 is 11.9 Å². The highest BCUT2D eigenvalue weighted by Crippen LogP contribution is 2.27. The maximum atomic E-state index is 13.1. The van der Waals surface area contributed by atoms with Crippen molar-refractivity contribution < 1.29 is 73.8 Å². The SMILES string of the molecule is CCCCCCCC/C=C/CCCCCCCCCCCCCC(=O)O[C@@H](COC(=O)CCCCCCCCCCCCCCCCCCCCCCC)CO[C@@H]1O[C@H](CO[C@@H]2O[C@H](CO)[C@H](O)C(O)C2O)[C@H](O)C(O)C1O. The predicted octanol–water partition coefficient (Wildman–Crippen LogP) is 12.1. The highest BCUT2D eigenvalue weighted by molar-refractivity contribution is 5.70. The summed E-state index contributed by atoms with van der Waals surface area (Å²) in [5.41, 5.74) is 0. The second kappa shape index (κ2) is 49.8. The van der Waals surface area contributed by atoms with Crippen molar-refractivity contribution in [2.75, 3.05) is 26.4 Å². The molecule has 2 saturated heterocycles. The summed E-state index contributed by atoms with van der Waals surface area (Å²) in [5, 5.41) is 72.4. The van der Waals surface area contributed by atoms with Crippen LogP contribution in [0.5, 0.6) is 0 Å². The Morgan fingerprint density at radius 1 is 0.397 bits per heavy atom. The molecule has 2 fully saturated rings. The number of hydrogen-bond acceptors (Lipinski definition) is 15. The van der Waals surface area contributed by atoms with Gasteiger partial charge in [-0.05, 0) is 38.5 Å². The standard InChI is InChI=1S/C63H118O15/c1-3-5-7-9-11-13-15-17-19-21-23-25-27-29-31-33-35-37-39-41-43-45-54(65)73-48-51(49-74-62-61(72)59(70)57(68)53(78-62)50-75-63-60(71)58(69)56(67)52(47-64)77-63)76-55(66)46-44-42-40-38-36-34-32-30-28-26-24-22-20-18-16-14-12-10-8-6-4-2/h18,20,51-53,56-64,67-72H,3-17,19,21-50H2,1-2H3/b20-18+/t51-,52+,53+,56-,57-,58?,59?,60?,61?,62+,63+/m0/s1. The lowest BCUT2D eigenvalue weighted by molar-refractivity contribution is -0.332. The summed E-state index contributed by atoms with van der Waals surface area (Å²) in [4.78, 5) is 26.0. The summed E-state index contributed by atoms with van der Waals surface area (Å²) >= 11 is 0. The minimum absolute atomic E-state index is 0.170. The lowest BCUT2D eigenvalue weighted by atomic mass is 9.98. The predicted molar refractivity (Wildman–Crippen MR) is 308 cm³/mol. The third-order valence-electron chi connectivity index (χ3n) is 15.7. The van der Waals surface area contributed by atoms with Gasteiger partial charge in [0.05, 0.1) is 19.8 Å². The van der Waals surface area contributed by atoms with Gasteiger partial charge < -0.3 is 64.2 Å². The van der Waals surface area contributed by atoms with Crippen LogP contribution in [-0.4, -0.2) is 142 Å². The zero-order valence-electron chi connectivity index (χ0n) is 49.4. The van der Waals surface area contributed by atoms with Crippen molar-refractivity contribution in [1.29, 1.82) is 0 Å². The van der Waals surface area contributed by atoms with Crippen LogP contribution in [0, 0.1) is 0 Å². The van der Waals surface area contributed by atoms with E-state index in [2.05, 4.69) is 26.0 Å². The topological polar surface area (TPSA) is 231 Å². The molecule has 0 saturated carbocycles. The number of hydrogen-bond donors (Lipinski definition) is 7. The highest BCUT2D eigenvalue weighted by atomic mass is 16.7. The van der Waals surface area contributed by atoms with Gasteiger partial charge in [0.25, 0.3) is 0 Å². The van der Waals surface area contributed by atoms with Gasteiger partial charge in [-0.25, -0.2) is 0 Å². The first kappa shape index (κ1) is 72.3. The summed E-state index contributed by atoms with van der Waals surface area (Å²) in [6.45, 7) is 2.66. The molecule has 0 spiro atoms. The van der Waals surface area contributed by atoms with E-state index >= 15 is 0 Å². The molecule has 0 aromatic heterocycles. The molecular weight excluding hydrogens is 997 g/mol. The molecule has 0 bridgehead atoms. The zero-order valence-corrected chi connectivity index (χ0v) is 49.4. The van der Waals surface area contributed by atoms with Gasteiger partial charge in [-0.15, -0.1) is 0 Å². The summed E-state index contributed by atoms with van der Waals surface area (Å²) in [7, 11) is 0. The van der Waals surface area contributed by atoms with Crippen molar-refractivity contribution in [2.24, 2.45) is 0 Å². The van der Waals surface area contributed by atoms with E-state index in [4.69, 9.17) is 28.4 Å². The van der Waals surface area contributed by atoms with Gasteiger partial charge >= 0.3 is 11.9 Å². The largest absolute Gasteiger partial charge is 0.462 e. The van der Waals surface area contributed by atoms with E-state index in [1.807, 2.05) is 0 Å². The second-order valence-corrected chi connectivity index (χ2v) is 23.0. The second-order valence-electron chi connectivity index (χ2n) is 23.0. The lowest BCUT2D eigenvalue weighted by Gasteiger charge is -2.42. The van der Waals surface area contributed by atoms with Crippen molar-refractivity contribution in [3.05, 3.63) is 12.2 Å². The molecule has 2 aliphatic heterocycles. The van der Waals surface area contributed by atoms with E-state index in [9.17, 15) is 45.3 Å². The van der Waals surface area contributed by atoms with Crippen molar-refractivity contribution in [1.82, 2.24) is 0 Å². The van der Waals surface area contributed by atoms with Gasteiger partial charge in [0, 0.05) is 12.8 Å². The first-order valence-electron chi connectivity index (χ1n) is 32.3. The van der Waals surface area contributed by atoms with Crippen molar-refractivity contribution in [3.63, 3.8) is 0 Å². The minimum Gasteiger partial charge on any atom is -0.462 e. The Labute approximate surface area is 473 Å². The minimum atomic E-state index is -1.76. The fourth-order valence-corrected chi connectivity index (χ4v) is 10.5. The van der Waals surface area contributed by atoms with E-state index in [1.165, 1.54) is 205 Å². The number of ether oxygens (including phenoxy) is 6. The van der Waals surface area contributed by atoms with Gasteiger partial charge in [-0.3, -0.25) is 9.59 Å². The molecule has 0 amide bonds. The molecule has 2 rings (SSSR count). The first-order chi connectivity index (χ1) is 38.0. The normalized spacial score (nSPS) is 24.0. The van der Waals surface area contributed by atoms with Crippen LogP contribution in [0.25, 0.3) is 0 Å². The van der Waals surface area contributed by atoms with E-state index in [0.717, 1.165) is 38.5 Å². The molecule has 2 heterocycles. The number of rotatable bonds is 53. The van der Waals surface area contributed by atoms with Gasteiger partial charge in [0.2, 0.25) is 0 Å². The fraction of sp³-hybridized carbons (Fsp3) is 0.937. The van der Waals surface area contributed by atoms with Crippen molar-refractivity contribution in [2.45, 2.75) is 351 Å². The Balaban J connectivity index is 1.70.